The van der Waals surface area contributed by atoms with Crippen molar-refractivity contribution in [2.45, 2.75) is 83.8 Å². The number of esters is 1. The molecule has 0 saturated carbocycles. The predicted molar refractivity (Wildman–Crippen MR) is 155 cm³/mol. The van der Waals surface area contributed by atoms with Crippen molar-refractivity contribution in [1.82, 2.24) is 4.90 Å². The molecule has 1 aliphatic heterocycles. The number of benzene rings is 1. The van der Waals surface area contributed by atoms with Crippen LogP contribution in [0.3, 0.4) is 0 Å². The van der Waals surface area contributed by atoms with Crippen molar-refractivity contribution >= 4 is 26.7 Å². The summed E-state index contributed by atoms with van der Waals surface area (Å²) in [6.07, 6.45) is 9.83. The summed E-state index contributed by atoms with van der Waals surface area (Å²) < 4.78 is 5.44. The van der Waals surface area contributed by atoms with E-state index in [9.17, 15) is 15.0 Å². The lowest BCUT2D eigenvalue weighted by atomic mass is 9.58. The van der Waals surface area contributed by atoms with Crippen molar-refractivity contribution in [1.29, 1.82) is 0 Å². The normalized spacial score (nSPS) is 23.7. The number of phenolic OH excluding ortho intramolecular Hbond substituents is 2. The molecule has 1 saturated heterocycles. The van der Waals surface area contributed by atoms with Crippen LogP contribution in [-0.2, 0) is 21.4 Å². The highest BCUT2D eigenvalue weighted by atomic mass is 32.1. The molecule has 36 heavy (non-hydrogen) atoms. The minimum atomic E-state index is -0.620. The molecular weight excluding hydrogens is 493 g/mol. The molecule has 1 fully saturated rings. The van der Waals surface area contributed by atoms with Gasteiger partial charge in [-0.25, -0.2) is 0 Å². The van der Waals surface area contributed by atoms with Crippen molar-refractivity contribution in [2.75, 3.05) is 33.2 Å². The minimum Gasteiger partial charge on any atom is -0.504 e. The van der Waals surface area contributed by atoms with Crippen molar-refractivity contribution in [3.05, 3.63) is 34.9 Å². The Morgan fingerprint density at radius 2 is 1.83 bits per heavy atom. The Morgan fingerprint density at radius 1 is 1.25 bits per heavy atom. The third kappa shape index (κ3) is 8.37. The summed E-state index contributed by atoms with van der Waals surface area (Å²) in [6, 6.07) is 1.96. The van der Waals surface area contributed by atoms with Gasteiger partial charge in [0.15, 0.2) is 11.5 Å². The lowest BCUT2D eigenvalue weighted by molar-refractivity contribution is -0.154. The number of hydrogen-bond donors (Lipinski definition) is 4. The third-order valence-corrected chi connectivity index (χ3v) is 7.03. The summed E-state index contributed by atoms with van der Waals surface area (Å²) >= 11 is 3.53. The number of aryl methyl sites for hydroxylation is 1. The van der Waals surface area contributed by atoms with Crippen LogP contribution < -0.4 is 0 Å². The molecule has 8 heteroatoms. The molecule has 1 aromatic rings. The van der Waals surface area contributed by atoms with E-state index in [-0.39, 0.29) is 35.2 Å². The van der Waals surface area contributed by atoms with E-state index >= 15 is 0 Å². The van der Waals surface area contributed by atoms with E-state index < -0.39 is 13.7 Å². The first-order valence-corrected chi connectivity index (χ1v) is 15.7. The van der Waals surface area contributed by atoms with Crippen LogP contribution in [0.15, 0.2) is 18.2 Å². The maximum absolute atomic E-state index is 12.2. The molecule has 2 aliphatic rings. The number of fused-ring (bicyclic) bond motifs is 1. The van der Waals surface area contributed by atoms with E-state index in [1.54, 1.807) is 25.7 Å². The fraction of sp³-hybridized carbons (Fsp3) is 0.679. The largest absolute Gasteiger partial charge is 0.504 e. The second-order valence-corrected chi connectivity index (χ2v) is 12.7. The molecule has 3 atom stereocenters. The molecular formula is C28H48NO5PS. The van der Waals surface area contributed by atoms with Gasteiger partial charge >= 0.3 is 5.97 Å². The van der Waals surface area contributed by atoms with Crippen LogP contribution in [-0.4, -0.2) is 70.8 Å². The Bertz CT molecular complexity index is 896. The number of nitrogens with zero attached hydrogens (tertiary/aromatic N) is 1. The number of ether oxygens (including phenoxy) is 1. The Morgan fingerprint density at radius 3 is 2.39 bits per heavy atom. The van der Waals surface area contributed by atoms with Crippen LogP contribution in [0, 0.1) is 12.8 Å². The lowest BCUT2D eigenvalue weighted by Gasteiger charge is -2.52. The topological polar surface area (TPSA) is 90.2 Å². The van der Waals surface area contributed by atoms with Crippen LogP contribution >= 0.6 is 20.8 Å². The number of carbonyl (C=O) groups is 1. The summed E-state index contributed by atoms with van der Waals surface area (Å²) in [6.45, 7) is 14.4. The standard InChI is InChI=1S/C25H37NO4.C2H7OP.CH4S/c1-16-18(10-11-21(28)30-24(3,4)5)15-20(27)23(29)22(16)25-12-8-7-9-19(25)17(2)26(6)14-13-25;1-4(2)3;1-2/h7,9,15,17,19,27,29H,8,10-14H2,1-6H3;3H,1-2H3;2H,1H3. The van der Waals surface area contributed by atoms with Crippen LogP contribution in [0.4, 0.5) is 0 Å². The number of rotatable bonds is 4. The van der Waals surface area contributed by atoms with Gasteiger partial charge in [-0.1, -0.05) is 12.2 Å². The molecule has 1 heterocycles. The van der Waals surface area contributed by atoms with Crippen LogP contribution in [0.2, 0.25) is 0 Å². The molecule has 0 bridgehead atoms. The highest BCUT2D eigenvalue weighted by Gasteiger charge is 2.49. The SMILES string of the molecule is CP(C)O.CS.Cc1c(CCC(=O)OC(C)(C)C)cc(O)c(O)c1C12CCC=CC1C(C)N(C)CC2. The summed E-state index contributed by atoms with van der Waals surface area (Å²) in [5, 5.41) is 21.6. The predicted octanol–water partition coefficient (Wildman–Crippen LogP) is 5.79. The van der Waals surface area contributed by atoms with Gasteiger partial charge in [0.25, 0.3) is 0 Å². The van der Waals surface area contributed by atoms with E-state index in [4.69, 9.17) is 9.63 Å². The number of carbonyl (C=O) groups excluding carboxylic acids is 1. The van der Waals surface area contributed by atoms with Crippen molar-refractivity contribution in [3.8, 4) is 11.5 Å². The maximum Gasteiger partial charge on any atom is 0.306 e. The molecule has 0 aromatic heterocycles. The first-order valence-electron chi connectivity index (χ1n) is 12.6. The van der Waals surface area contributed by atoms with E-state index in [0.717, 1.165) is 42.5 Å². The fourth-order valence-corrected chi connectivity index (χ4v) is 5.43. The number of thiol groups is 1. The number of phenols is 2. The van der Waals surface area contributed by atoms with Gasteiger partial charge in [0.2, 0.25) is 0 Å². The van der Waals surface area contributed by atoms with Gasteiger partial charge in [-0.2, -0.15) is 12.6 Å². The first-order chi connectivity index (χ1) is 16.7. The average molecular weight is 542 g/mol. The summed E-state index contributed by atoms with van der Waals surface area (Å²) in [7, 11) is 1.53. The Kier molecular flexibility index (Phi) is 12.8. The zero-order valence-corrected chi connectivity index (χ0v) is 25.4. The zero-order valence-electron chi connectivity index (χ0n) is 23.6. The minimum absolute atomic E-state index is 0.00516. The molecule has 3 N–H and O–H groups in total. The van der Waals surface area contributed by atoms with Crippen molar-refractivity contribution in [3.63, 3.8) is 0 Å². The number of aromatic hydroxyl groups is 2. The van der Waals surface area contributed by atoms with Gasteiger partial charge in [-0.15, -0.1) is 0 Å². The van der Waals surface area contributed by atoms with Crippen molar-refractivity contribution in [2.24, 2.45) is 5.92 Å². The summed E-state index contributed by atoms with van der Waals surface area (Å²) in [5.74, 6) is -0.0645. The Labute approximate surface area is 225 Å². The highest BCUT2D eigenvalue weighted by molar-refractivity contribution is 7.79. The molecule has 1 aliphatic carbocycles. The van der Waals surface area contributed by atoms with Gasteiger partial charge < -0.3 is 24.7 Å². The van der Waals surface area contributed by atoms with Gasteiger partial charge in [0.1, 0.15) is 5.60 Å². The van der Waals surface area contributed by atoms with E-state index in [0.29, 0.717) is 12.5 Å². The molecule has 0 radical (unpaired) electrons. The Hall–Kier alpha value is -1.27. The molecule has 3 rings (SSSR count). The van der Waals surface area contributed by atoms with E-state index in [1.807, 2.05) is 27.7 Å². The van der Waals surface area contributed by atoms with Crippen LogP contribution in [0.1, 0.15) is 70.1 Å². The van der Waals surface area contributed by atoms with Crippen molar-refractivity contribution < 1.29 is 24.6 Å². The van der Waals surface area contributed by atoms with E-state index in [1.165, 1.54) is 0 Å². The van der Waals surface area contributed by atoms with Gasteiger partial charge in [0.05, 0.1) is 0 Å². The van der Waals surface area contributed by atoms with E-state index in [2.05, 4.69) is 43.7 Å². The fourth-order valence-electron chi connectivity index (χ4n) is 5.43. The number of likely N-dealkylation sites (tertiary alicyclic amines) is 1. The monoisotopic (exact) mass is 541 g/mol. The number of allylic oxidation sites excluding steroid dienone is 1. The summed E-state index contributed by atoms with van der Waals surface area (Å²) in [4.78, 5) is 22.7. The lowest BCUT2D eigenvalue weighted by Crippen LogP contribution is -2.54. The molecule has 0 amide bonds. The first kappa shape index (κ1) is 32.8. The zero-order chi connectivity index (χ0) is 27.8. The Balaban J connectivity index is 0.000000982. The summed E-state index contributed by atoms with van der Waals surface area (Å²) in [5.41, 5.74) is 2.05. The number of piperidine rings is 1. The van der Waals surface area contributed by atoms with Gasteiger partial charge in [-0.05, 0) is 111 Å². The number of hydrogen-bond acceptors (Lipinski definition) is 7. The van der Waals surface area contributed by atoms with Crippen LogP contribution in [0.5, 0.6) is 11.5 Å². The average Bonchev–Trinajstić information content (AvgIpc) is 2.78. The molecule has 6 nitrogen and oxygen atoms in total. The van der Waals surface area contributed by atoms with Gasteiger partial charge in [0, 0.05) is 37.5 Å². The molecule has 0 spiro atoms. The molecule has 206 valence electrons. The maximum atomic E-state index is 12.2. The second-order valence-electron chi connectivity index (χ2n) is 11.0. The smallest absolute Gasteiger partial charge is 0.306 e. The second kappa shape index (κ2) is 14.0. The third-order valence-electron chi connectivity index (χ3n) is 7.03. The quantitative estimate of drug-likeness (QED) is 0.127. The molecule has 3 unspecified atom stereocenters. The highest BCUT2D eigenvalue weighted by Crippen LogP contribution is 2.54. The molecule has 1 aromatic carbocycles. The van der Waals surface area contributed by atoms with Gasteiger partial charge in [-0.3, -0.25) is 4.79 Å². The van der Waals surface area contributed by atoms with Crippen LogP contribution in [0.25, 0.3) is 0 Å².